The molecule has 2 heterocycles. The van der Waals surface area contributed by atoms with Crippen molar-refractivity contribution >= 4 is 35.4 Å². The van der Waals surface area contributed by atoms with Crippen LogP contribution in [0, 0.1) is 4.77 Å². The fourth-order valence-corrected chi connectivity index (χ4v) is 4.78. The third-order valence-electron chi connectivity index (χ3n) is 6.17. The van der Waals surface area contributed by atoms with Crippen LogP contribution in [0.2, 0.25) is 10.0 Å². The summed E-state index contributed by atoms with van der Waals surface area (Å²) in [5, 5.41) is 5.95. The monoisotopic (exact) mass is 503 g/mol. The van der Waals surface area contributed by atoms with Gasteiger partial charge in [0.25, 0.3) is 0 Å². The normalized spacial score (nSPS) is 16.2. The molecule has 176 valence electrons. The van der Waals surface area contributed by atoms with Crippen LogP contribution in [-0.2, 0) is 12.1 Å². The maximum absolute atomic E-state index is 6.63. The lowest BCUT2D eigenvalue weighted by molar-refractivity contribution is 0.211. The minimum atomic E-state index is 0.0766. The van der Waals surface area contributed by atoms with E-state index >= 15 is 0 Å². The van der Waals surface area contributed by atoms with Crippen molar-refractivity contribution in [1.29, 1.82) is 0 Å². The van der Waals surface area contributed by atoms with Crippen LogP contribution in [0.1, 0.15) is 32.8 Å². The van der Waals surface area contributed by atoms with Gasteiger partial charge in [0.05, 0.1) is 22.4 Å². The Morgan fingerprint density at radius 3 is 2.39 bits per heavy atom. The van der Waals surface area contributed by atoms with Crippen molar-refractivity contribution < 1.29 is 0 Å². The van der Waals surface area contributed by atoms with Gasteiger partial charge in [-0.05, 0) is 55.3 Å². The molecule has 0 spiro atoms. The van der Waals surface area contributed by atoms with Gasteiger partial charge < -0.3 is 4.90 Å². The molecule has 2 aromatic carbocycles. The van der Waals surface area contributed by atoms with Crippen LogP contribution >= 0.6 is 35.4 Å². The van der Waals surface area contributed by atoms with Gasteiger partial charge in [0.2, 0.25) is 4.77 Å². The Labute approximate surface area is 211 Å². The predicted molar refractivity (Wildman–Crippen MR) is 140 cm³/mol. The lowest BCUT2D eigenvalue weighted by Gasteiger charge is -2.19. The van der Waals surface area contributed by atoms with Crippen molar-refractivity contribution in [1.82, 2.24) is 24.1 Å². The van der Waals surface area contributed by atoms with Gasteiger partial charge >= 0.3 is 0 Å². The van der Waals surface area contributed by atoms with E-state index in [-0.39, 0.29) is 5.41 Å². The fourth-order valence-electron chi connectivity index (χ4n) is 4.12. The molecule has 0 unspecified atom stereocenters. The van der Waals surface area contributed by atoms with E-state index in [9.17, 15) is 0 Å². The van der Waals surface area contributed by atoms with Crippen molar-refractivity contribution in [3.05, 3.63) is 62.8 Å². The summed E-state index contributed by atoms with van der Waals surface area (Å²) in [7, 11) is 2.17. The number of aromatic nitrogens is 3. The molecule has 8 heteroatoms. The van der Waals surface area contributed by atoms with Crippen LogP contribution in [0.5, 0.6) is 0 Å². The van der Waals surface area contributed by atoms with Crippen molar-refractivity contribution in [2.24, 2.45) is 0 Å². The molecule has 3 aromatic rings. The second kappa shape index (κ2) is 9.88. The van der Waals surface area contributed by atoms with Crippen molar-refractivity contribution in [2.75, 3.05) is 33.2 Å². The maximum Gasteiger partial charge on any atom is 0.204 e. The molecule has 0 bridgehead atoms. The minimum Gasteiger partial charge on any atom is -0.305 e. The van der Waals surface area contributed by atoms with Crippen molar-refractivity contribution in [2.45, 2.75) is 39.3 Å². The predicted octanol–water partition coefficient (Wildman–Crippen LogP) is 6.27. The number of nitrogens with zero attached hydrogens (tertiary/aromatic N) is 5. The Morgan fingerprint density at radius 1 is 0.970 bits per heavy atom. The van der Waals surface area contributed by atoms with E-state index in [0.717, 1.165) is 49.7 Å². The lowest BCUT2D eigenvalue weighted by Crippen LogP contribution is -2.31. The quantitative estimate of drug-likeness (QED) is 0.392. The van der Waals surface area contributed by atoms with Crippen LogP contribution in [0.25, 0.3) is 17.1 Å². The summed E-state index contributed by atoms with van der Waals surface area (Å²) in [5.41, 5.74) is 3.07. The van der Waals surface area contributed by atoms with E-state index in [1.807, 2.05) is 21.4 Å². The largest absolute Gasteiger partial charge is 0.305 e. The standard InChI is InChI=1S/C25H31Cl2N5S/c1-25(2,3)19-11-9-18(10-12-19)23-28-31(17-30-14-6-13-29(4)15-16-30)24(33)32(23)21-8-5-7-20(26)22(21)27/h5,7-12H,6,13-17H2,1-4H3. The summed E-state index contributed by atoms with van der Waals surface area (Å²) in [6.45, 7) is 11.4. The molecule has 1 aromatic heterocycles. The molecule has 1 aliphatic rings. The van der Waals surface area contributed by atoms with Gasteiger partial charge in [0.1, 0.15) is 0 Å². The van der Waals surface area contributed by atoms with Crippen LogP contribution in [0.15, 0.2) is 42.5 Å². The Balaban J connectivity index is 1.80. The molecule has 33 heavy (non-hydrogen) atoms. The van der Waals surface area contributed by atoms with Crippen LogP contribution < -0.4 is 0 Å². The highest BCUT2D eigenvalue weighted by atomic mass is 35.5. The summed E-state index contributed by atoms with van der Waals surface area (Å²) in [6.07, 6.45) is 1.13. The summed E-state index contributed by atoms with van der Waals surface area (Å²) >= 11 is 18.9. The van der Waals surface area contributed by atoms with E-state index in [2.05, 4.69) is 61.9 Å². The Hall–Kier alpha value is -1.70. The molecule has 0 saturated carbocycles. The highest BCUT2D eigenvalue weighted by molar-refractivity contribution is 7.71. The smallest absolute Gasteiger partial charge is 0.204 e. The van der Waals surface area contributed by atoms with Gasteiger partial charge in [-0.2, -0.15) is 0 Å². The zero-order valence-electron chi connectivity index (χ0n) is 19.7. The van der Waals surface area contributed by atoms with E-state index in [4.69, 9.17) is 40.5 Å². The number of likely N-dealkylation sites (N-methyl/N-ethyl adjacent to an activating group) is 1. The number of halogens is 2. The average molecular weight is 505 g/mol. The van der Waals surface area contributed by atoms with Gasteiger partial charge in [-0.1, -0.05) is 74.3 Å². The third-order valence-corrected chi connectivity index (χ3v) is 7.37. The highest BCUT2D eigenvalue weighted by Crippen LogP contribution is 2.33. The first-order valence-electron chi connectivity index (χ1n) is 11.3. The SMILES string of the molecule is CN1CCCN(Cn2nc(-c3ccc(C(C)(C)C)cc3)n(-c3cccc(Cl)c3Cl)c2=S)CC1. The Bertz CT molecular complexity index is 1180. The molecule has 1 fully saturated rings. The summed E-state index contributed by atoms with van der Waals surface area (Å²) in [4.78, 5) is 4.77. The average Bonchev–Trinajstić information content (AvgIpc) is 2.94. The van der Waals surface area contributed by atoms with Gasteiger partial charge in [0.15, 0.2) is 5.82 Å². The zero-order valence-corrected chi connectivity index (χ0v) is 22.0. The van der Waals surface area contributed by atoms with Gasteiger partial charge in [-0.3, -0.25) is 9.47 Å². The van der Waals surface area contributed by atoms with Crippen LogP contribution in [0.3, 0.4) is 0 Å². The number of rotatable bonds is 4. The summed E-state index contributed by atoms with van der Waals surface area (Å²) in [6, 6.07) is 14.1. The van der Waals surface area contributed by atoms with Gasteiger partial charge in [-0.15, -0.1) is 5.10 Å². The first-order valence-corrected chi connectivity index (χ1v) is 12.5. The molecule has 0 radical (unpaired) electrons. The second-order valence-corrected chi connectivity index (χ2v) is 10.9. The highest BCUT2D eigenvalue weighted by Gasteiger charge is 2.21. The molecule has 1 aliphatic heterocycles. The first-order chi connectivity index (χ1) is 15.6. The molecule has 0 N–H and O–H groups in total. The molecule has 4 rings (SSSR count). The maximum atomic E-state index is 6.63. The van der Waals surface area contributed by atoms with E-state index in [1.165, 1.54) is 5.56 Å². The fraction of sp³-hybridized carbons (Fsp3) is 0.440. The molecular formula is C25H31Cl2N5S. The molecule has 1 saturated heterocycles. The molecule has 0 aliphatic carbocycles. The van der Waals surface area contributed by atoms with Crippen molar-refractivity contribution in [3.63, 3.8) is 0 Å². The zero-order chi connectivity index (χ0) is 23.8. The number of hydrogen-bond donors (Lipinski definition) is 0. The topological polar surface area (TPSA) is 29.2 Å². The van der Waals surface area contributed by atoms with E-state index < -0.39 is 0 Å². The number of benzene rings is 2. The summed E-state index contributed by atoms with van der Waals surface area (Å²) < 4.78 is 4.46. The Morgan fingerprint density at radius 2 is 1.70 bits per heavy atom. The molecular weight excluding hydrogens is 473 g/mol. The minimum absolute atomic E-state index is 0.0766. The molecule has 0 atom stereocenters. The second-order valence-electron chi connectivity index (χ2n) is 9.76. The first kappa shape index (κ1) is 24.4. The van der Waals surface area contributed by atoms with Crippen molar-refractivity contribution in [3.8, 4) is 17.1 Å². The summed E-state index contributed by atoms with van der Waals surface area (Å²) in [5.74, 6) is 0.761. The van der Waals surface area contributed by atoms with E-state index in [0.29, 0.717) is 21.5 Å². The number of hydrogen-bond acceptors (Lipinski definition) is 4. The lowest BCUT2D eigenvalue weighted by atomic mass is 9.87. The Kier molecular flexibility index (Phi) is 7.32. The van der Waals surface area contributed by atoms with Crippen LogP contribution in [0.4, 0.5) is 0 Å². The third kappa shape index (κ3) is 5.36. The molecule has 0 amide bonds. The van der Waals surface area contributed by atoms with E-state index in [1.54, 1.807) is 6.07 Å². The van der Waals surface area contributed by atoms with Gasteiger partial charge in [-0.25, -0.2) is 4.68 Å². The van der Waals surface area contributed by atoms with Gasteiger partial charge in [0, 0.05) is 25.2 Å². The molecule has 5 nitrogen and oxygen atoms in total. The van der Waals surface area contributed by atoms with Crippen LogP contribution in [-0.4, -0.2) is 57.4 Å².